The number of hydrogen-bond donors (Lipinski definition) is 2. The minimum Gasteiger partial charge on any atom is -0.366 e. The third-order valence-electron chi connectivity index (χ3n) is 3.47. The van der Waals surface area contributed by atoms with Crippen molar-refractivity contribution in [1.29, 1.82) is 0 Å². The summed E-state index contributed by atoms with van der Waals surface area (Å²) in [6.45, 7) is 1.74. The Labute approximate surface area is 119 Å². The molecule has 0 aliphatic carbocycles. The van der Waals surface area contributed by atoms with Crippen LogP contribution < -0.4 is 10.5 Å². The van der Waals surface area contributed by atoms with Crippen LogP contribution in [0.4, 0.5) is 0 Å². The Balaban J connectivity index is 2.14. The number of rotatable bonds is 4. The molecular weight excluding hydrogens is 278 g/mol. The highest BCUT2D eigenvalue weighted by atomic mass is 32.2. The molecule has 0 radical (unpaired) electrons. The van der Waals surface area contributed by atoms with Crippen LogP contribution in [0.2, 0.25) is 0 Å². The van der Waals surface area contributed by atoms with Gasteiger partial charge in [-0.2, -0.15) is 0 Å². The van der Waals surface area contributed by atoms with Crippen LogP contribution in [0.3, 0.4) is 0 Å². The summed E-state index contributed by atoms with van der Waals surface area (Å²) in [5.74, 6) is -0.638. The molecule has 6 nitrogen and oxygen atoms in total. The molecule has 1 saturated heterocycles. The number of likely N-dealkylation sites (tertiary alicyclic amines) is 1. The van der Waals surface area contributed by atoms with Crippen LogP contribution in [-0.4, -0.2) is 45.4 Å². The number of amides is 1. The topological polar surface area (TPSA) is 92.5 Å². The normalized spacial score (nSPS) is 18.1. The monoisotopic (exact) mass is 297 g/mol. The fourth-order valence-electron chi connectivity index (χ4n) is 2.23. The average Bonchev–Trinajstić information content (AvgIpc) is 2.41. The molecule has 1 aliphatic rings. The fraction of sp³-hybridized carbons (Fsp3) is 0.462. The van der Waals surface area contributed by atoms with Gasteiger partial charge in [-0.25, -0.2) is 13.1 Å². The summed E-state index contributed by atoms with van der Waals surface area (Å²) in [5, 5.41) is 0. The maximum atomic E-state index is 12.3. The molecule has 0 bridgehead atoms. The number of hydrogen-bond acceptors (Lipinski definition) is 4. The minimum absolute atomic E-state index is 0.0616. The summed E-state index contributed by atoms with van der Waals surface area (Å²) in [5.41, 5.74) is 5.36. The number of nitrogens with two attached hydrogens (primary N) is 1. The first-order valence-corrected chi connectivity index (χ1v) is 7.97. The summed E-state index contributed by atoms with van der Waals surface area (Å²) in [6, 6.07) is 5.72. The second kappa shape index (κ2) is 5.90. The van der Waals surface area contributed by atoms with E-state index in [-0.39, 0.29) is 16.5 Å². The third kappa shape index (κ3) is 3.56. The van der Waals surface area contributed by atoms with E-state index < -0.39 is 15.9 Å². The van der Waals surface area contributed by atoms with Gasteiger partial charge in [0.1, 0.15) is 0 Å². The van der Waals surface area contributed by atoms with E-state index in [0.29, 0.717) is 0 Å². The molecule has 1 aromatic rings. The Morgan fingerprint density at radius 1 is 1.35 bits per heavy atom. The second-order valence-electron chi connectivity index (χ2n) is 5.09. The lowest BCUT2D eigenvalue weighted by molar-refractivity contribution is 0.1000. The number of sulfonamides is 1. The molecule has 1 amide bonds. The summed E-state index contributed by atoms with van der Waals surface area (Å²) < 4.78 is 27.3. The standard InChI is InChI=1S/C13H19N3O3S/c1-16-7-5-11(6-8-16)15-20(18,19)12-4-2-3-10(9-12)13(14)17/h2-4,9,11,15H,5-8H2,1H3,(H2,14,17). The van der Waals surface area contributed by atoms with Gasteiger partial charge >= 0.3 is 0 Å². The molecule has 2 rings (SSSR count). The van der Waals surface area contributed by atoms with E-state index >= 15 is 0 Å². The van der Waals surface area contributed by atoms with Gasteiger partial charge < -0.3 is 10.6 Å². The molecule has 1 heterocycles. The highest BCUT2D eigenvalue weighted by Crippen LogP contribution is 2.15. The van der Waals surface area contributed by atoms with Gasteiger partial charge in [-0.3, -0.25) is 4.79 Å². The van der Waals surface area contributed by atoms with Crippen molar-refractivity contribution in [2.75, 3.05) is 20.1 Å². The minimum atomic E-state index is -3.61. The molecule has 0 atom stereocenters. The van der Waals surface area contributed by atoms with Crippen LogP contribution >= 0.6 is 0 Å². The first kappa shape index (κ1) is 15.0. The molecule has 1 aliphatic heterocycles. The highest BCUT2D eigenvalue weighted by Gasteiger charge is 2.23. The number of carbonyl (C=O) groups is 1. The van der Waals surface area contributed by atoms with E-state index in [0.717, 1.165) is 25.9 Å². The van der Waals surface area contributed by atoms with Gasteiger partial charge in [-0.15, -0.1) is 0 Å². The SMILES string of the molecule is CN1CCC(NS(=O)(=O)c2cccc(C(N)=O)c2)CC1. The van der Waals surface area contributed by atoms with Crippen molar-refractivity contribution in [3.63, 3.8) is 0 Å². The van der Waals surface area contributed by atoms with Gasteiger partial charge in [0.25, 0.3) is 0 Å². The zero-order chi connectivity index (χ0) is 14.8. The Bertz CT molecular complexity index is 593. The zero-order valence-electron chi connectivity index (χ0n) is 11.4. The van der Waals surface area contributed by atoms with Crippen molar-refractivity contribution in [2.45, 2.75) is 23.8 Å². The number of primary amides is 1. The Morgan fingerprint density at radius 2 is 2.00 bits per heavy atom. The van der Waals surface area contributed by atoms with Crippen LogP contribution in [0, 0.1) is 0 Å². The van der Waals surface area contributed by atoms with Gasteiger partial charge in [0.15, 0.2) is 0 Å². The Hall–Kier alpha value is -1.44. The number of carbonyl (C=O) groups excluding carboxylic acids is 1. The molecule has 0 aromatic heterocycles. The van der Waals surface area contributed by atoms with Crippen LogP contribution in [0.15, 0.2) is 29.2 Å². The molecule has 1 aromatic carbocycles. The smallest absolute Gasteiger partial charge is 0.248 e. The third-order valence-corrected chi connectivity index (χ3v) is 4.99. The number of benzene rings is 1. The predicted octanol–water partition coefficient (Wildman–Crippen LogP) is 0.158. The van der Waals surface area contributed by atoms with E-state index in [2.05, 4.69) is 9.62 Å². The zero-order valence-corrected chi connectivity index (χ0v) is 12.2. The van der Waals surface area contributed by atoms with Crippen LogP contribution in [0.5, 0.6) is 0 Å². The number of nitrogens with zero attached hydrogens (tertiary/aromatic N) is 1. The first-order valence-electron chi connectivity index (χ1n) is 6.49. The van der Waals surface area contributed by atoms with Gasteiger partial charge in [0, 0.05) is 11.6 Å². The Morgan fingerprint density at radius 3 is 2.60 bits per heavy atom. The lowest BCUT2D eigenvalue weighted by atomic mass is 10.1. The number of piperidine rings is 1. The lowest BCUT2D eigenvalue weighted by Crippen LogP contribution is -2.43. The molecule has 20 heavy (non-hydrogen) atoms. The van der Waals surface area contributed by atoms with Crippen molar-refractivity contribution >= 4 is 15.9 Å². The van der Waals surface area contributed by atoms with E-state index in [9.17, 15) is 13.2 Å². The van der Waals surface area contributed by atoms with E-state index in [1.807, 2.05) is 7.05 Å². The predicted molar refractivity (Wildman–Crippen MR) is 75.8 cm³/mol. The van der Waals surface area contributed by atoms with Gasteiger partial charge in [-0.1, -0.05) is 6.07 Å². The molecule has 3 N–H and O–H groups in total. The Kier molecular flexibility index (Phi) is 4.42. The average molecular weight is 297 g/mol. The molecule has 1 fully saturated rings. The first-order chi connectivity index (χ1) is 9.38. The molecule has 110 valence electrons. The van der Waals surface area contributed by atoms with Gasteiger partial charge in [-0.05, 0) is 51.2 Å². The largest absolute Gasteiger partial charge is 0.366 e. The summed E-state index contributed by atoms with van der Waals surface area (Å²) in [7, 11) is -1.59. The van der Waals surface area contributed by atoms with E-state index in [1.54, 1.807) is 0 Å². The van der Waals surface area contributed by atoms with Gasteiger partial charge in [0.2, 0.25) is 15.9 Å². The second-order valence-corrected chi connectivity index (χ2v) is 6.80. The maximum Gasteiger partial charge on any atom is 0.248 e. The summed E-state index contributed by atoms with van der Waals surface area (Å²) >= 11 is 0. The highest BCUT2D eigenvalue weighted by molar-refractivity contribution is 7.89. The van der Waals surface area contributed by atoms with Gasteiger partial charge in [0.05, 0.1) is 4.90 Å². The van der Waals surface area contributed by atoms with Crippen molar-refractivity contribution < 1.29 is 13.2 Å². The number of nitrogens with one attached hydrogen (secondary N) is 1. The molecule has 0 saturated carbocycles. The van der Waals surface area contributed by atoms with Crippen molar-refractivity contribution in [1.82, 2.24) is 9.62 Å². The molecule has 7 heteroatoms. The van der Waals surface area contributed by atoms with Crippen LogP contribution in [-0.2, 0) is 10.0 Å². The van der Waals surface area contributed by atoms with E-state index in [1.165, 1.54) is 24.3 Å². The fourth-order valence-corrected chi connectivity index (χ4v) is 3.58. The lowest BCUT2D eigenvalue weighted by Gasteiger charge is -2.29. The van der Waals surface area contributed by atoms with Crippen molar-refractivity contribution in [3.8, 4) is 0 Å². The molecular formula is C13H19N3O3S. The van der Waals surface area contributed by atoms with Crippen molar-refractivity contribution in [2.24, 2.45) is 5.73 Å². The van der Waals surface area contributed by atoms with Crippen LogP contribution in [0.25, 0.3) is 0 Å². The summed E-state index contributed by atoms with van der Waals surface area (Å²) in [6.07, 6.45) is 1.57. The van der Waals surface area contributed by atoms with E-state index in [4.69, 9.17) is 5.73 Å². The quantitative estimate of drug-likeness (QED) is 0.828. The molecule has 0 unspecified atom stereocenters. The van der Waals surface area contributed by atoms with Crippen LogP contribution in [0.1, 0.15) is 23.2 Å². The summed E-state index contributed by atoms with van der Waals surface area (Å²) in [4.78, 5) is 13.3. The molecule has 0 spiro atoms. The maximum absolute atomic E-state index is 12.3. The van der Waals surface area contributed by atoms with Crippen molar-refractivity contribution in [3.05, 3.63) is 29.8 Å².